The SMILES string of the molecule is CCCCCCCc1nnc(CN)n1C. The van der Waals surface area contributed by atoms with Crippen molar-refractivity contribution in [3.05, 3.63) is 11.6 Å². The Morgan fingerprint density at radius 1 is 1.07 bits per heavy atom. The highest BCUT2D eigenvalue weighted by Gasteiger charge is 2.05. The Morgan fingerprint density at radius 2 is 1.73 bits per heavy atom. The van der Waals surface area contributed by atoms with E-state index in [0.717, 1.165) is 18.1 Å². The van der Waals surface area contributed by atoms with Crippen molar-refractivity contribution in [3.8, 4) is 0 Å². The van der Waals surface area contributed by atoms with Gasteiger partial charge in [0.05, 0.1) is 6.54 Å². The van der Waals surface area contributed by atoms with Crippen molar-refractivity contribution in [1.29, 1.82) is 0 Å². The lowest BCUT2D eigenvalue weighted by Crippen LogP contribution is -2.07. The first-order valence-electron chi connectivity index (χ1n) is 5.86. The zero-order valence-electron chi connectivity index (χ0n) is 9.87. The summed E-state index contributed by atoms with van der Waals surface area (Å²) in [6.45, 7) is 2.70. The number of rotatable bonds is 7. The summed E-state index contributed by atoms with van der Waals surface area (Å²) in [6, 6.07) is 0. The second-order valence-corrected chi connectivity index (χ2v) is 3.96. The van der Waals surface area contributed by atoms with Crippen LogP contribution in [0.5, 0.6) is 0 Å². The summed E-state index contributed by atoms with van der Waals surface area (Å²) in [4.78, 5) is 0. The van der Waals surface area contributed by atoms with Crippen molar-refractivity contribution >= 4 is 0 Å². The fourth-order valence-corrected chi connectivity index (χ4v) is 1.68. The third-order valence-corrected chi connectivity index (χ3v) is 2.74. The van der Waals surface area contributed by atoms with Crippen molar-refractivity contribution in [2.24, 2.45) is 12.8 Å². The van der Waals surface area contributed by atoms with Crippen molar-refractivity contribution in [2.45, 2.75) is 52.0 Å². The van der Waals surface area contributed by atoms with Crippen molar-refractivity contribution < 1.29 is 0 Å². The van der Waals surface area contributed by atoms with Gasteiger partial charge >= 0.3 is 0 Å². The molecule has 0 bridgehead atoms. The first-order valence-corrected chi connectivity index (χ1v) is 5.86. The van der Waals surface area contributed by atoms with E-state index in [1.165, 1.54) is 32.1 Å². The Bertz CT molecular complexity index is 280. The van der Waals surface area contributed by atoms with E-state index in [4.69, 9.17) is 5.73 Å². The van der Waals surface area contributed by atoms with Crippen LogP contribution in [0.2, 0.25) is 0 Å². The second kappa shape index (κ2) is 6.56. The summed E-state index contributed by atoms with van der Waals surface area (Å²) >= 11 is 0. The number of hydrogen-bond acceptors (Lipinski definition) is 3. The minimum absolute atomic E-state index is 0.472. The number of nitrogens with two attached hydrogens (primary N) is 1. The van der Waals surface area contributed by atoms with Crippen LogP contribution >= 0.6 is 0 Å². The summed E-state index contributed by atoms with van der Waals surface area (Å²) in [7, 11) is 1.99. The Labute approximate surface area is 91.9 Å². The third-order valence-electron chi connectivity index (χ3n) is 2.74. The van der Waals surface area contributed by atoms with E-state index in [1.54, 1.807) is 0 Å². The molecule has 1 aromatic rings. The van der Waals surface area contributed by atoms with E-state index in [0.29, 0.717) is 6.54 Å². The van der Waals surface area contributed by atoms with Gasteiger partial charge in [-0.1, -0.05) is 32.6 Å². The predicted octanol–water partition coefficient (Wildman–Crippen LogP) is 1.79. The lowest BCUT2D eigenvalue weighted by atomic mass is 10.1. The highest BCUT2D eigenvalue weighted by atomic mass is 15.3. The van der Waals surface area contributed by atoms with Gasteiger partial charge in [0.15, 0.2) is 0 Å². The second-order valence-electron chi connectivity index (χ2n) is 3.96. The van der Waals surface area contributed by atoms with Crippen LogP contribution in [0, 0.1) is 0 Å². The molecule has 0 aromatic carbocycles. The van der Waals surface area contributed by atoms with Crippen LogP contribution < -0.4 is 5.73 Å². The minimum atomic E-state index is 0.472. The average molecular weight is 210 g/mol. The van der Waals surface area contributed by atoms with Crippen molar-refractivity contribution in [3.63, 3.8) is 0 Å². The number of aromatic nitrogens is 3. The van der Waals surface area contributed by atoms with Crippen LogP contribution in [0.1, 0.15) is 50.7 Å². The van der Waals surface area contributed by atoms with Gasteiger partial charge in [-0.2, -0.15) is 0 Å². The summed E-state index contributed by atoms with van der Waals surface area (Å²) in [5.74, 6) is 1.94. The molecule has 1 rings (SSSR count). The van der Waals surface area contributed by atoms with Gasteiger partial charge in [0, 0.05) is 13.5 Å². The molecule has 0 amide bonds. The minimum Gasteiger partial charge on any atom is -0.324 e. The van der Waals surface area contributed by atoms with Gasteiger partial charge in [-0.05, 0) is 6.42 Å². The molecule has 0 fully saturated rings. The molecule has 0 unspecified atom stereocenters. The Balaban J connectivity index is 2.28. The molecular formula is C11H22N4. The molecule has 1 aromatic heterocycles. The molecule has 86 valence electrons. The quantitative estimate of drug-likeness (QED) is 0.698. The molecule has 0 radical (unpaired) electrons. The molecule has 0 aliphatic heterocycles. The van der Waals surface area contributed by atoms with E-state index >= 15 is 0 Å². The molecule has 0 spiro atoms. The first-order chi connectivity index (χ1) is 7.29. The van der Waals surface area contributed by atoms with E-state index in [9.17, 15) is 0 Å². The summed E-state index contributed by atoms with van der Waals surface area (Å²) < 4.78 is 2.01. The Hall–Kier alpha value is -0.900. The lowest BCUT2D eigenvalue weighted by molar-refractivity contribution is 0.611. The number of aryl methyl sites for hydroxylation is 1. The largest absolute Gasteiger partial charge is 0.324 e. The number of unbranched alkanes of at least 4 members (excludes halogenated alkanes) is 4. The average Bonchev–Trinajstić information content (AvgIpc) is 2.60. The van der Waals surface area contributed by atoms with E-state index in [-0.39, 0.29) is 0 Å². The highest BCUT2D eigenvalue weighted by Crippen LogP contribution is 2.07. The van der Waals surface area contributed by atoms with Crippen LogP contribution in [0.4, 0.5) is 0 Å². The molecule has 0 saturated carbocycles. The summed E-state index contributed by atoms with van der Waals surface area (Å²) in [6.07, 6.45) is 7.48. The third kappa shape index (κ3) is 3.63. The van der Waals surface area contributed by atoms with Crippen molar-refractivity contribution in [1.82, 2.24) is 14.8 Å². The Kier molecular flexibility index (Phi) is 5.32. The van der Waals surface area contributed by atoms with E-state index in [2.05, 4.69) is 17.1 Å². The lowest BCUT2D eigenvalue weighted by Gasteiger charge is -2.02. The monoisotopic (exact) mass is 210 g/mol. The summed E-state index contributed by atoms with van der Waals surface area (Å²) in [5.41, 5.74) is 5.54. The molecule has 4 nitrogen and oxygen atoms in total. The van der Waals surface area contributed by atoms with Gasteiger partial charge in [0.25, 0.3) is 0 Å². The van der Waals surface area contributed by atoms with Gasteiger partial charge in [0.1, 0.15) is 11.6 Å². The summed E-state index contributed by atoms with van der Waals surface area (Å²) in [5, 5.41) is 8.17. The van der Waals surface area contributed by atoms with Gasteiger partial charge in [-0.15, -0.1) is 10.2 Å². The number of hydrogen-bond donors (Lipinski definition) is 1. The van der Waals surface area contributed by atoms with Gasteiger partial charge < -0.3 is 10.3 Å². The molecule has 15 heavy (non-hydrogen) atoms. The highest BCUT2D eigenvalue weighted by molar-refractivity contribution is 4.94. The van der Waals surface area contributed by atoms with Gasteiger partial charge in [0.2, 0.25) is 0 Å². The fourth-order valence-electron chi connectivity index (χ4n) is 1.68. The van der Waals surface area contributed by atoms with Crippen LogP contribution in [0.15, 0.2) is 0 Å². The molecule has 0 saturated heterocycles. The standard InChI is InChI=1S/C11H22N4/c1-3-4-5-6-7-8-10-13-14-11(9-12)15(10)2/h3-9,12H2,1-2H3. The van der Waals surface area contributed by atoms with Gasteiger partial charge in [-0.3, -0.25) is 0 Å². The molecule has 0 aliphatic carbocycles. The zero-order valence-corrected chi connectivity index (χ0v) is 9.87. The Morgan fingerprint density at radius 3 is 2.33 bits per heavy atom. The van der Waals surface area contributed by atoms with Crippen molar-refractivity contribution in [2.75, 3.05) is 0 Å². The van der Waals surface area contributed by atoms with E-state index in [1.807, 2.05) is 11.6 Å². The number of nitrogens with zero attached hydrogens (tertiary/aromatic N) is 3. The van der Waals surface area contributed by atoms with E-state index < -0.39 is 0 Å². The van der Waals surface area contributed by atoms with Gasteiger partial charge in [-0.25, -0.2) is 0 Å². The maximum absolute atomic E-state index is 5.54. The first kappa shape index (κ1) is 12.2. The maximum Gasteiger partial charge on any atom is 0.146 e. The predicted molar refractivity (Wildman–Crippen MR) is 61.4 cm³/mol. The molecule has 2 N–H and O–H groups in total. The van der Waals surface area contributed by atoms with Crippen LogP contribution in [-0.2, 0) is 20.0 Å². The molecule has 4 heteroatoms. The zero-order chi connectivity index (χ0) is 11.1. The van der Waals surface area contributed by atoms with Crippen LogP contribution in [0.3, 0.4) is 0 Å². The molecule has 1 heterocycles. The van der Waals surface area contributed by atoms with Crippen LogP contribution in [-0.4, -0.2) is 14.8 Å². The molecule has 0 atom stereocenters. The van der Waals surface area contributed by atoms with Crippen LogP contribution in [0.25, 0.3) is 0 Å². The molecule has 0 aliphatic rings. The molecular weight excluding hydrogens is 188 g/mol. The smallest absolute Gasteiger partial charge is 0.146 e. The maximum atomic E-state index is 5.54. The topological polar surface area (TPSA) is 56.7 Å². The normalized spacial score (nSPS) is 10.9. The fraction of sp³-hybridized carbons (Fsp3) is 0.818.